The van der Waals surface area contributed by atoms with Crippen molar-refractivity contribution in [2.75, 3.05) is 7.11 Å². The number of ketones is 1. The van der Waals surface area contributed by atoms with Crippen molar-refractivity contribution in [1.82, 2.24) is 0 Å². The molecule has 26 heavy (non-hydrogen) atoms. The first kappa shape index (κ1) is 18.2. The summed E-state index contributed by atoms with van der Waals surface area (Å²) >= 11 is 0. The first-order valence-electron chi connectivity index (χ1n) is 9.91. The lowest BCUT2D eigenvalue weighted by Gasteiger charge is -2.59. The number of carbonyl (C=O) groups excluding carboxylic acids is 2. The molecule has 5 nitrogen and oxygen atoms in total. The van der Waals surface area contributed by atoms with E-state index in [-0.39, 0.29) is 41.0 Å². The summed E-state index contributed by atoms with van der Waals surface area (Å²) in [4.78, 5) is 25.3. The van der Waals surface area contributed by atoms with Gasteiger partial charge in [0, 0.05) is 11.8 Å². The number of aliphatic hydroxyl groups excluding tert-OH is 2. The summed E-state index contributed by atoms with van der Waals surface area (Å²) in [5.41, 5.74) is 0.323. The number of hydrogen-bond acceptors (Lipinski definition) is 5. The van der Waals surface area contributed by atoms with Gasteiger partial charge in [-0.2, -0.15) is 0 Å². The second kappa shape index (κ2) is 5.90. The monoisotopic (exact) mass is 362 g/mol. The quantitative estimate of drug-likeness (QED) is 0.552. The molecule has 5 heteroatoms. The Balaban J connectivity index is 1.85. The Labute approximate surface area is 154 Å². The molecule has 4 aliphatic rings. The third kappa shape index (κ3) is 2.29. The molecular formula is C21H30O5. The van der Waals surface area contributed by atoms with Crippen LogP contribution < -0.4 is 0 Å². The molecule has 4 rings (SSSR count). The Morgan fingerprint density at radius 1 is 1.23 bits per heavy atom. The summed E-state index contributed by atoms with van der Waals surface area (Å²) in [7, 11) is 1.40. The lowest BCUT2D eigenvalue weighted by atomic mass is 9.45. The van der Waals surface area contributed by atoms with Crippen LogP contribution in [0.3, 0.4) is 0 Å². The van der Waals surface area contributed by atoms with Gasteiger partial charge in [-0.3, -0.25) is 9.59 Å². The van der Waals surface area contributed by atoms with E-state index in [4.69, 9.17) is 4.74 Å². The molecule has 0 aliphatic heterocycles. The Bertz CT molecular complexity index is 669. The SMILES string of the molecule is COC(=O)[C@@H]1C=C2C[C@@H](O)CC[C@]2(C)C2C1C1CCC(=O)[C@@]1(C)C[C@H]2O. The molecule has 0 saturated heterocycles. The lowest BCUT2D eigenvalue weighted by molar-refractivity contribution is -0.166. The van der Waals surface area contributed by atoms with Gasteiger partial charge in [0.2, 0.25) is 0 Å². The number of rotatable bonds is 1. The first-order valence-corrected chi connectivity index (χ1v) is 9.91. The van der Waals surface area contributed by atoms with Gasteiger partial charge in [-0.05, 0) is 55.3 Å². The number of esters is 1. The van der Waals surface area contributed by atoms with Crippen LogP contribution >= 0.6 is 0 Å². The number of Topliss-reactive ketones (excluding diaryl/α,β-unsaturated/α-hetero) is 1. The fourth-order valence-electron chi connectivity index (χ4n) is 6.92. The maximum atomic E-state index is 12.7. The number of ether oxygens (including phenoxy) is 1. The van der Waals surface area contributed by atoms with Gasteiger partial charge >= 0.3 is 5.97 Å². The molecule has 0 aromatic heterocycles. The van der Waals surface area contributed by atoms with Crippen molar-refractivity contribution in [3.05, 3.63) is 11.6 Å². The molecule has 0 amide bonds. The highest BCUT2D eigenvalue weighted by molar-refractivity contribution is 5.87. The Morgan fingerprint density at radius 3 is 2.65 bits per heavy atom. The molecule has 0 aromatic carbocycles. The van der Waals surface area contributed by atoms with Gasteiger partial charge in [0.05, 0.1) is 25.2 Å². The predicted octanol–water partition coefficient (Wildman–Crippen LogP) is 2.25. The van der Waals surface area contributed by atoms with Gasteiger partial charge in [-0.1, -0.05) is 25.5 Å². The summed E-state index contributed by atoms with van der Waals surface area (Å²) in [6.07, 6.45) is 4.91. The second-order valence-corrected chi connectivity index (χ2v) is 9.42. The molecule has 144 valence electrons. The van der Waals surface area contributed by atoms with Crippen molar-refractivity contribution in [1.29, 1.82) is 0 Å². The molecule has 8 atom stereocenters. The van der Waals surface area contributed by atoms with Crippen LogP contribution in [0.4, 0.5) is 0 Å². The molecule has 4 aliphatic carbocycles. The van der Waals surface area contributed by atoms with Crippen molar-refractivity contribution >= 4 is 11.8 Å². The maximum Gasteiger partial charge on any atom is 0.312 e. The average Bonchev–Trinajstić information content (AvgIpc) is 2.88. The zero-order chi connectivity index (χ0) is 18.9. The van der Waals surface area contributed by atoms with E-state index in [0.717, 1.165) is 18.4 Å². The zero-order valence-electron chi connectivity index (χ0n) is 15.9. The van der Waals surface area contributed by atoms with E-state index in [1.165, 1.54) is 7.11 Å². The Hall–Kier alpha value is -1.20. The highest BCUT2D eigenvalue weighted by Gasteiger charge is 2.64. The highest BCUT2D eigenvalue weighted by atomic mass is 16.5. The van der Waals surface area contributed by atoms with Crippen molar-refractivity contribution in [3.63, 3.8) is 0 Å². The topological polar surface area (TPSA) is 83.8 Å². The molecule has 0 bridgehead atoms. The fraction of sp³-hybridized carbons (Fsp3) is 0.810. The van der Waals surface area contributed by atoms with Crippen molar-refractivity contribution in [2.24, 2.45) is 34.5 Å². The van der Waals surface area contributed by atoms with Crippen LogP contribution in [0.2, 0.25) is 0 Å². The van der Waals surface area contributed by atoms with E-state index in [1.807, 2.05) is 13.0 Å². The summed E-state index contributed by atoms with van der Waals surface area (Å²) in [6, 6.07) is 0. The van der Waals surface area contributed by atoms with Crippen LogP contribution in [0.15, 0.2) is 11.6 Å². The average molecular weight is 362 g/mol. The third-order valence-corrected chi connectivity index (χ3v) is 8.26. The molecule has 2 N–H and O–H groups in total. The summed E-state index contributed by atoms with van der Waals surface area (Å²) in [5.74, 6) is -0.541. The number of aliphatic hydroxyl groups is 2. The van der Waals surface area contributed by atoms with Crippen molar-refractivity contribution < 1.29 is 24.5 Å². The van der Waals surface area contributed by atoms with Gasteiger partial charge in [0.1, 0.15) is 5.78 Å². The number of fused-ring (bicyclic) bond motifs is 5. The minimum atomic E-state index is -0.612. The molecule has 0 heterocycles. The van der Waals surface area contributed by atoms with E-state index < -0.39 is 17.4 Å². The summed E-state index contributed by atoms with van der Waals surface area (Å²) in [5, 5.41) is 21.4. The van der Waals surface area contributed by atoms with Gasteiger partial charge in [0.25, 0.3) is 0 Å². The number of hydrogen-bond donors (Lipinski definition) is 2. The standard InChI is InChI=1S/C21H30O5/c1-20-7-6-12(22)8-11(20)9-13(19(25)26-3)17-14-4-5-16(24)21(14,2)10-15(23)18(17)20/h9,12-15,17-18,22-23H,4-8,10H2,1-3H3/t12-,13+,14?,15+,17?,18?,20-,21-/m0/s1. The van der Waals surface area contributed by atoms with E-state index in [9.17, 15) is 19.8 Å². The van der Waals surface area contributed by atoms with E-state index >= 15 is 0 Å². The Morgan fingerprint density at radius 2 is 1.96 bits per heavy atom. The molecule has 0 spiro atoms. The van der Waals surface area contributed by atoms with Crippen molar-refractivity contribution in [3.8, 4) is 0 Å². The molecule has 3 fully saturated rings. The maximum absolute atomic E-state index is 12.7. The van der Waals surface area contributed by atoms with Crippen LogP contribution in [0.1, 0.15) is 52.4 Å². The number of carbonyl (C=O) groups is 2. The van der Waals surface area contributed by atoms with Crippen LogP contribution in [0.5, 0.6) is 0 Å². The summed E-state index contributed by atoms with van der Waals surface area (Å²) in [6.45, 7) is 4.16. The second-order valence-electron chi connectivity index (χ2n) is 9.42. The summed E-state index contributed by atoms with van der Waals surface area (Å²) < 4.78 is 5.11. The first-order chi connectivity index (χ1) is 12.2. The largest absolute Gasteiger partial charge is 0.469 e. The van der Waals surface area contributed by atoms with Gasteiger partial charge in [0.15, 0.2) is 0 Å². The normalized spacial score (nSPS) is 50.3. The zero-order valence-corrected chi connectivity index (χ0v) is 15.9. The van der Waals surface area contributed by atoms with E-state index in [0.29, 0.717) is 25.7 Å². The minimum absolute atomic E-state index is 0.0666. The van der Waals surface area contributed by atoms with E-state index in [1.54, 1.807) is 0 Å². The fourth-order valence-corrected chi connectivity index (χ4v) is 6.92. The molecule has 3 unspecified atom stereocenters. The van der Waals surface area contributed by atoms with Crippen molar-refractivity contribution in [2.45, 2.75) is 64.6 Å². The number of methoxy groups -OCH3 is 1. The smallest absolute Gasteiger partial charge is 0.312 e. The molecule has 0 aromatic rings. The minimum Gasteiger partial charge on any atom is -0.469 e. The van der Waals surface area contributed by atoms with Crippen LogP contribution in [-0.2, 0) is 14.3 Å². The lowest BCUT2D eigenvalue weighted by Crippen LogP contribution is -2.59. The Kier molecular flexibility index (Phi) is 4.12. The van der Waals surface area contributed by atoms with Crippen LogP contribution in [0, 0.1) is 34.5 Å². The van der Waals surface area contributed by atoms with E-state index in [2.05, 4.69) is 6.92 Å². The van der Waals surface area contributed by atoms with Crippen LogP contribution in [0.25, 0.3) is 0 Å². The van der Waals surface area contributed by atoms with Gasteiger partial charge in [-0.15, -0.1) is 0 Å². The van der Waals surface area contributed by atoms with Crippen LogP contribution in [-0.4, -0.2) is 41.3 Å². The predicted molar refractivity (Wildman–Crippen MR) is 95.0 cm³/mol. The van der Waals surface area contributed by atoms with Gasteiger partial charge < -0.3 is 14.9 Å². The third-order valence-electron chi connectivity index (χ3n) is 8.26. The molecule has 3 saturated carbocycles. The molecular weight excluding hydrogens is 332 g/mol. The highest BCUT2D eigenvalue weighted by Crippen LogP contribution is 2.65. The molecule has 0 radical (unpaired) electrons. The van der Waals surface area contributed by atoms with Gasteiger partial charge in [-0.25, -0.2) is 0 Å².